The molecule has 0 bridgehead atoms. The molecule has 0 aliphatic rings. The molecule has 3 aromatic rings. The van der Waals surface area contributed by atoms with E-state index in [0.29, 0.717) is 21.9 Å². The first kappa shape index (κ1) is 21.8. The van der Waals surface area contributed by atoms with E-state index < -0.39 is 17.2 Å². The van der Waals surface area contributed by atoms with Gasteiger partial charge in [-0.15, -0.1) is 17.9 Å². The van der Waals surface area contributed by atoms with Crippen LogP contribution in [0.2, 0.25) is 0 Å². The molecule has 7 nitrogen and oxygen atoms in total. The Bertz CT molecular complexity index is 1140. The van der Waals surface area contributed by atoms with E-state index in [-0.39, 0.29) is 12.1 Å². The van der Waals surface area contributed by atoms with Crippen molar-refractivity contribution in [2.24, 2.45) is 0 Å². The number of allylic oxidation sites excluding steroid dienone is 1. The molecule has 9 heteroatoms. The lowest BCUT2D eigenvalue weighted by Gasteiger charge is -2.14. The number of carbonyl (C=O) groups is 2. The first-order chi connectivity index (χ1) is 14.5. The first-order valence-corrected chi connectivity index (χ1v) is 11.2. The summed E-state index contributed by atoms with van der Waals surface area (Å²) >= 11 is 2.52. The van der Waals surface area contributed by atoms with Gasteiger partial charge in [0, 0.05) is 24.0 Å². The summed E-state index contributed by atoms with van der Waals surface area (Å²) in [7, 11) is 0. The topological polar surface area (TPSA) is 93.1 Å². The molecule has 30 heavy (non-hydrogen) atoms. The average Bonchev–Trinajstić information content (AvgIpc) is 3.15. The zero-order valence-electron chi connectivity index (χ0n) is 16.7. The molecule has 0 aliphatic heterocycles. The molecule has 0 saturated carbocycles. The molecule has 2 heterocycles. The molecule has 3 rings (SSSR count). The highest BCUT2D eigenvalue weighted by atomic mass is 32.2. The summed E-state index contributed by atoms with van der Waals surface area (Å²) < 4.78 is 1.51. The van der Waals surface area contributed by atoms with Crippen LogP contribution in [0.4, 0.5) is 4.79 Å². The summed E-state index contributed by atoms with van der Waals surface area (Å²) in [5.74, 6) is -0.457. The summed E-state index contributed by atoms with van der Waals surface area (Å²) in [6.07, 6.45) is 1.62. The fraction of sp³-hybridized carbons (Fsp3) is 0.238. The third kappa shape index (κ3) is 4.63. The van der Waals surface area contributed by atoms with E-state index in [1.54, 1.807) is 19.9 Å². The number of benzene rings is 1. The molecule has 0 saturated heterocycles. The van der Waals surface area contributed by atoms with Crippen molar-refractivity contribution in [2.45, 2.75) is 30.8 Å². The Morgan fingerprint density at radius 2 is 2.07 bits per heavy atom. The predicted octanol–water partition coefficient (Wildman–Crippen LogP) is 3.64. The highest BCUT2D eigenvalue weighted by Crippen LogP contribution is 2.32. The number of thioether (sulfide) groups is 1. The van der Waals surface area contributed by atoms with Gasteiger partial charge in [0.1, 0.15) is 4.83 Å². The summed E-state index contributed by atoms with van der Waals surface area (Å²) in [6, 6.07) is 9.13. The zero-order chi connectivity index (χ0) is 21.7. The third-order valence-electron chi connectivity index (χ3n) is 4.28. The zero-order valence-corrected chi connectivity index (χ0v) is 18.3. The Balaban J connectivity index is 1.98. The fourth-order valence-corrected chi connectivity index (χ4v) is 4.75. The van der Waals surface area contributed by atoms with Gasteiger partial charge in [-0.05, 0) is 19.4 Å². The summed E-state index contributed by atoms with van der Waals surface area (Å²) in [5, 5.41) is 7.06. The largest absolute Gasteiger partial charge is 0.338 e. The van der Waals surface area contributed by atoms with Crippen molar-refractivity contribution in [3.05, 3.63) is 58.7 Å². The molecule has 1 atom stereocenters. The van der Waals surface area contributed by atoms with Gasteiger partial charge in [0.15, 0.2) is 5.16 Å². The molecule has 0 aliphatic carbocycles. The van der Waals surface area contributed by atoms with Gasteiger partial charge in [0.25, 0.3) is 5.56 Å². The van der Waals surface area contributed by atoms with Crippen molar-refractivity contribution in [3.63, 3.8) is 0 Å². The number of imide groups is 1. The molecule has 0 spiro atoms. The second kappa shape index (κ2) is 9.73. The van der Waals surface area contributed by atoms with E-state index in [1.165, 1.54) is 15.9 Å². The van der Waals surface area contributed by atoms with E-state index in [0.717, 1.165) is 22.9 Å². The van der Waals surface area contributed by atoms with Crippen molar-refractivity contribution < 1.29 is 9.59 Å². The Hall–Kier alpha value is -2.91. The molecule has 156 valence electrons. The second-order valence-electron chi connectivity index (χ2n) is 6.40. The maximum atomic E-state index is 13.3. The van der Waals surface area contributed by atoms with Crippen molar-refractivity contribution >= 4 is 45.3 Å². The molecule has 2 aromatic heterocycles. The van der Waals surface area contributed by atoms with Crippen molar-refractivity contribution in [2.75, 3.05) is 6.54 Å². The lowest BCUT2D eigenvalue weighted by Crippen LogP contribution is -2.42. The number of thiophene rings is 1. The van der Waals surface area contributed by atoms with Crippen LogP contribution in [0.5, 0.6) is 0 Å². The van der Waals surface area contributed by atoms with Crippen molar-refractivity contribution in [1.82, 2.24) is 20.2 Å². The minimum Gasteiger partial charge on any atom is -0.338 e. The van der Waals surface area contributed by atoms with Crippen LogP contribution < -0.4 is 16.2 Å². The summed E-state index contributed by atoms with van der Waals surface area (Å²) in [5.41, 5.74) is 1.60. The quantitative estimate of drug-likeness (QED) is 0.331. The van der Waals surface area contributed by atoms with Crippen LogP contribution in [-0.2, 0) is 11.3 Å². The van der Waals surface area contributed by atoms with Crippen LogP contribution in [0.1, 0.15) is 13.8 Å². The number of amides is 3. The highest BCUT2D eigenvalue weighted by Gasteiger charge is 2.22. The van der Waals surface area contributed by atoms with E-state index in [2.05, 4.69) is 22.2 Å². The van der Waals surface area contributed by atoms with Crippen LogP contribution in [0.15, 0.2) is 58.3 Å². The van der Waals surface area contributed by atoms with Gasteiger partial charge in [-0.25, -0.2) is 9.78 Å². The third-order valence-corrected chi connectivity index (χ3v) is 6.24. The van der Waals surface area contributed by atoms with Crippen LogP contribution >= 0.6 is 23.1 Å². The SMILES string of the molecule is C=CCn1c(SC(C)C(=O)NC(=O)NCC)nc2scc(-c3ccccc3)c2c1=O. The Kier molecular flexibility index (Phi) is 7.07. The molecular weight excluding hydrogens is 420 g/mol. The molecule has 1 aromatic carbocycles. The maximum Gasteiger partial charge on any atom is 0.321 e. The summed E-state index contributed by atoms with van der Waals surface area (Å²) in [6.45, 7) is 7.84. The molecule has 3 amide bonds. The van der Waals surface area contributed by atoms with Gasteiger partial charge in [0.05, 0.1) is 10.6 Å². The van der Waals surface area contributed by atoms with Gasteiger partial charge < -0.3 is 5.32 Å². The number of hydrogen-bond donors (Lipinski definition) is 2. The minimum absolute atomic E-state index is 0.182. The number of carbonyl (C=O) groups excluding carboxylic acids is 2. The van der Waals surface area contributed by atoms with Crippen LogP contribution in [0.3, 0.4) is 0 Å². The average molecular weight is 443 g/mol. The molecule has 0 fully saturated rings. The highest BCUT2D eigenvalue weighted by molar-refractivity contribution is 8.00. The van der Waals surface area contributed by atoms with E-state index in [9.17, 15) is 14.4 Å². The van der Waals surface area contributed by atoms with Crippen LogP contribution in [-0.4, -0.2) is 33.3 Å². The van der Waals surface area contributed by atoms with Crippen LogP contribution in [0, 0.1) is 0 Å². The number of nitrogens with one attached hydrogen (secondary N) is 2. The Morgan fingerprint density at radius 3 is 2.73 bits per heavy atom. The van der Waals surface area contributed by atoms with Gasteiger partial charge in [-0.2, -0.15) is 0 Å². The second-order valence-corrected chi connectivity index (χ2v) is 8.57. The van der Waals surface area contributed by atoms with Crippen LogP contribution in [0.25, 0.3) is 21.3 Å². The predicted molar refractivity (Wildman–Crippen MR) is 122 cm³/mol. The fourth-order valence-electron chi connectivity index (χ4n) is 2.85. The number of nitrogens with zero attached hydrogens (tertiary/aromatic N) is 2. The Morgan fingerprint density at radius 1 is 1.33 bits per heavy atom. The normalized spacial score (nSPS) is 11.8. The molecule has 0 radical (unpaired) electrons. The van der Waals surface area contributed by atoms with Gasteiger partial charge in [0.2, 0.25) is 5.91 Å². The smallest absolute Gasteiger partial charge is 0.321 e. The molecular formula is C21H22N4O3S2. The van der Waals surface area contributed by atoms with E-state index >= 15 is 0 Å². The maximum absolute atomic E-state index is 13.3. The van der Waals surface area contributed by atoms with Crippen molar-refractivity contribution in [3.8, 4) is 11.1 Å². The van der Waals surface area contributed by atoms with E-state index in [4.69, 9.17) is 0 Å². The number of aromatic nitrogens is 2. The Labute approximate surface area is 182 Å². The monoisotopic (exact) mass is 442 g/mol. The van der Waals surface area contributed by atoms with Gasteiger partial charge >= 0.3 is 6.03 Å². The number of rotatable bonds is 7. The molecule has 1 unspecified atom stereocenters. The lowest BCUT2D eigenvalue weighted by atomic mass is 10.1. The lowest BCUT2D eigenvalue weighted by molar-refractivity contribution is -0.119. The van der Waals surface area contributed by atoms with Crippen molar-refractivity contribution in [1.29, 1.82) is 0 Å². The number of urea groups is 1. The van der Waals surface area contributed by atoms with Gasteiger partial charge in [-0.1, -0.05) is 48.2 Å². The molecule has 2 N–H and O–H groups in total. The minimum atomic E-state index is -0.624. The number of fused-ring (bicyclic) bond motifs is 1. The van der Waals surface area contributed by atoms with Gasteiger partial charge in [-0.3, -0.25) is 19.5 Å². The van der Waals surface area contributed by atoms with E-state index in [1.807, 2.05) is 35.7 Å². The standard InChI is InChI=1S/C21H22N4O3S2/c1-4-11-25-19(27)16-15(14-9-7-6-8-10-14)12-29-18(16)24-21(25)30-13(3)17(26)23-20(28)22-5-2/h4,6-10,12-13H,1,5,11H2,2-3H3,(H2,22,23,26,28). The first-order valence-electron chi connectivity index (χ1n) is 9.40. The number of hydrogen-bond acceptors (Lipinski definition) is 6. The summed E-state index contributed by atoms with van der Waals surface area (Å²) in [4.78, 5) is 42.5.